The highest BCUT2D eigenvalue weighted by Crippen LogP contribution is 2.18. The second-order valence-electron chi connectivity index (χ2n) is 6.13. The predicted molar refractivity (Wildman–Crippen MR) is 112 cm³/mol. The highest BCUT2D eigenvalue weighted by atomic mass is 32.1. The Morgan fingerprint density at radius 1 is 1.00 bits per heavy atom. The fourth-order valence-corrected chi connectivity index (χ4v) is 3.34. The molecule has 1 amide bonds. The van der Waals surface area contributed by atoms with E-state index >= 15 is 0 Å². The molecule has 2 aromatic heterocycles. The van der Waals surface area contributed by atoms with Gasteiger partial charge in [-0.2, -0.15) is 0 Å². The zero-order chi connectivity index (χ0) is 20.2. The zero-order valence-electron chi connectivity index (χ0n) is 15.2. The second-order valence-corrected chi connectivity index (χ2v) is 7.07. The minimum absolute atomic E-state index is 0.0925. The van der Waals surface area contributed by atoms with E-state index in [-0.39, 0.29) is 12.5 Å². The molecule has 8 heteroatoms. The molecule has 4 aromatic rings. The summed E-state index contributed by atoms with van der Waals surface area (Å²) in [5.41, 5.74) is 7.58. The van der Waals surface area contributed by atoms with Crippen molar-refractivity contribution < 1.29 is 14.3 Å². The fraction of sp³-hybridized carbons (Fsp3) is 0.0476. The van der Waals surface area contributed by atoms with Crippen LogP contribution in [0.15, 0.2) is 66.0 Å². The number of nitrogen functional groups attached to an aromatic ring is 1. The molecule has 3 N–H and O–H groups in total. The monoisotopic (exact) mass is 404 g/mol. The number of carbonyl (C=O) groups excluding carboxylic acids is 2. The van der Waals surface area contributed by atoms with E-state index in [0.29, 0.717) is 33.3 Å². The Morgan fingerprint density at radius 2 is 1.79 bits per heavy atom. The number of thiophene rings is 1. The van der Waals surface area contributed by atoms with Crippen LogP contribution in [-0.4, -0.2) is 21.8 Å². The first-order valence-corrected chi connectivity index (χ1v) is 9.61. The number of carbonyl (C=O) groups is 2. The van der Waals surface area contributed by atoms with Gasteiger partial charge in [0.05, 0.1) is 16.0 Å². The molecule has 0 spiro atoms. The van der Waals surface area contributed by atoms with Gasteiger partial charge < -0.3 is 15.8 Å². The van der Waals surface area contributed by atoms with E-state index in [2.05, 4.69) is 15.3 Å². The van der Waals surface area contributed by atoms with Crippen molar-refractivity contribution in [2.24, 2.45) is 0 Å². The van der Waals surface area contributed by atoms with Crippen LogP contribution in [-0.2, 0) is 11.3 Å². The minimum Gasteiger partial charge on any atom is -0.454 e. The molecule has 0 saturated carbocycles. The molecule has 2 aromatic carbocycles. The highest BCUT2D eigenvalue weighted by Gasteiger charge is 2.12. The van der Waals surface area contributed by atoms with Crippen molar-refractivity contribution in [3.05, 3.63) is 82.3 Å². The van der Waals surface area contributed by atoms with E-state index in [0.717, 1.165) is 5.39 Å². The summed E-state index contributed by atoms with van der Waals surface area (Å²) >= 11 is 1.36. The van der Waals surface area contributed by atoms with Crippen LogP contribution < -0.4 is 11.1 Å². The van der Waals surface area contributed by atoms with Crippen molar-refractivity contribution in [2.45, 2.75) is 6.61 Å². The van der Waals surface area contributed by atoms with Crippen LogP contribution in [0.4, 0.5) is 11.5 Å². The molecular weight excluding hydrogens is 388 g/mol. The number of nitrogens with one attached hydrogen (secondary N) is 1. The molecule has 144 valence electrons. The van der Waals surface area contributed by atoms with Gasteiger partial charge in [-0.3, -0.25) is 4.79 Å². The first kappa shape index (κ1) is 18.6. The molecule has 0 aliphatic carbocycles. The Morgan fingerprint density at radius 3 is 2.55 bits per heavy atom. The standard InChI is InChI=1S/C21H16N4O3S/c22-19-15-4-1-2-5-16(15)24-18(25-19)12-28-21(27)13-7-9-14(10-8-13)23-20(26)17-6-3-11-29-17/h1-11H,12H2,(H,23,26)(H2,22,24,25). The SMILES string of the molecule is Nc1nc(COC(=O)c2ccc(NC(=O)c3cccs3)cc2)nc2ccccc12. The van der Waals surface area contributed by atoms with Crippen molar-refractivity contribution >= 4 is 45.6 Å². The van der Waals surface area contributed by atoms with Gasteiger partial charge in [-0.15, -0.1) is 11.3 Å². The number of esters is 1. The summed E-state index contributed by atoms with van der Waals surface area (Å²) < 4.78 is 5.29. The number of para-hydroxylation sites is 1. The average Bonchev–Trinajstić information content (AvgIpc) is 3.28. The third-order valence-corrected chi connectivity index (χ3v) is 5.00. The first-order chi connectivity index (χ1) is 14.1. The van der Waals surface area contributed by atoms with Gasteiger partial charge in [0.15, 0.2) is 12.4 Å². The number of hydrogen-bond donors (Lipinski definition) is 2. The van der Waals surface area contributed by atoms with E-state index in [1.165, 1.54) is 11.3 Å². The largest absolute Gasteiger partial charge is 0.454 e. The fourth-order valence-electron chi connectivity index (χ4n) is 2.72. The number of nitrogens with two attached hydrogens (primary N) is 1. The van der Waals surface area contributed by atoms with Crippen molar-refractivity contribution in [3.8, 4) is 0 Å². The number of hydrogen-bond acceptors (Lipinski definition) is 7. The smallest absolute Gasteiger partial charge is 0.338 e. The number of aromatic nitrogens is 2. The molecule has 0 aliphatic rings. The lowest BCUT2D eigenvalue weighted by Crippen LogP contribution is -2.11. The van der Waals surface area contributed by atoms with Gasteiger partial charge in [-0.25, -0.2) is 14.8 Å². The number of ether oxygens (including phenoxy) is 1. The number of amides is 1. The third-order valence-electron chi connectivity index (χ3n) is 4.13. The molecule has 2 heterocycles. The van der Waals surface area contributed by atoms with E-state index in [1.54, 1.807) is 30.3 Å². The Hall–Kier alpha value is -3.78. The van der Waals surface area contributed by atoms with Gasteiger partial charge in [0.1, 0.15) is 5.82 Å². The van der Waals surface area contributed by atoms with Gasteiger partial charge >= 0.3 is 5.97 Å². The summed E-state index contributed by atoms with van der Waals surface area (Å²) in [7, 11) is 0. The topological polar surface area (TPSA) is 107 Å². The van der Waals surface area contributed by atoms with E-state index in [4.69, 9.17) is 10.5 Å². The third kappa shape index (κ3) is 4.22. The molecule has 0 unspecified atom stereocenters. The minimum atomic E-state index is -0.517. The van der Waals surface area contributed by atoms with Crippen LogP contribution in [0.2, 0.25) is 0 Å². The van der Waals surface area contributed by atoms with E-state index < -0.39 is 5.97 Å². The molecule has 0 bridgehead atoms. The molecule has 29 heavy (non-hydrogen) atoms. The summed E-state index contributed by atoms with van der Waals surface area (Å²) in [6, 6.07) is 17.4. The number of fused-ring (bicyclic) bond motifs is 1. The van der Waals surface area contributed by atoms with E-state index in [9.17, 15) is 9.59 Å². The van der Waals surface area contributed by atoms with Gasteiger partial charge in [0.25, 0.3) is 5.91 Å². The maximum atomic E-state index is 12.3. The second kappa shape index (κ2) is 8.07. The van der Waals surface area contributed by atoms with Crippen LogP contribution in [0.25, 0.3) is 10.9 Å². The Labute approximate surface area is 170 Å². The molecule has 4 rings (SSSR count). The maximum Gasteiger partial charge on any atom is 0.338 e. The Kier molecular flexibility index (Phi) is 5.17. The quantitative estimate of drug-likeness (QED) is 0.489. The van der Waals surface area contributed by atoms with Gasteiger partial charge in [-0.05, 0) is 47.8 Å². The Bertz CT molecular complexity index is 1170. The molecule has 0 fully saturated rings. The van der Waals surface area contributed by atoms with E-state index in [1.807, 2.05) is 35.7 Å². The van der Waals surface area contributed by atoms with Crippen LogP contribution in [0.5, 0.6) is 0 Å². The summed E-state index contributed by atoms with van der Waals surface area (Å²) in [5, 5.41) is 5.36. The molecule has 0 atom stereocenters. The predicted octanol–water partition coefficient (Wildman–Crippen LogP) is 3.88. The molecule has 0 saturated heterocycles. The molecular formula is C21H16N4O3S. The summed E-state index contributed by atoms with van der Waals surface area (Å²) in [4.78, 5) is 33.5. The van der Waals surface area contributed by atoms with Crippen LogP contribution in [0, 0.1) is 0 Å². The van der Waals surface area contributed by atoms with Crippen molar-refractivity contribution in [3.63, 3.8) is 0 Å². The summed E-state index contributed by atoms with van der Waals surface area (Å²) in [5.74, 6) is -0.0419. The van der Waals surface area contributed by atoms with Crippen molar-refractivity contribution in [1.82, 2.24) is 9.97 Å². The highest BCUT2D eigenvalue weighted by molar-refractivity contribution is 7.12. The number of anilines is 2. The first-order valence-electron chi connectivity index (χ1n) is 8.73. The lowest BCUT2D eigenvalue weighted by Gasteiger charge is -2.08. The van der Waals surface area contributed by atoms with Crippen molar-refractivity contribution in [1.29, 1.82) is 0 Å². The van der Waals surface area contributed by atoms with Crippen LogP contribution in [0.1, 0.15) is 25.9 Å². The normalized spacial score (nSPS) is 10.6. The summed E-state index contributed by atoms with van der Waals surface area (Å²) in [6.07, 6.45) is 0. The zero-order valence-corrected chi connectivity index (χ0v) is 16.0. The number of benzene rings is 2. The maximum absolute atomic E-state index is 12.3. The lowest BCUT2D eigenvalue weighted by molar-refractivity contribution is 0.0462. The molecule has 0 aliphatic heterocycles. The van der Waals surface area contributed by atoms with Gasteiger partial charge in [-0.1, -0.05) is 18.2 Å². The molecule has 7 nitrogen and oxygen atoms in total. The van der Waals surface area contributed by atoms with Gasteiger partial charge in [0, 0.05) is 11.1 Å². The average molecular weight is 404 g/mol. The lowest BCUT2D eigenvalue weighted by atomic mass is 10.2. The molecule has 0 radical (unpaired) electrons. The Balaban J connectivity index is 1.39. The summed E-state index contributed by atoms with van der Waals surface area (Å²) in [6.45, 7) is -0.0925. The van der Waals surface area contributed by atoms with Crippen LogP contribution >= 0.6 is 11.3 Å². The van der Waals surface area contributed by atoms with Crippen LogP contribution in [0.3, 0.4) is 0 Å². The van der Waals surface area contributed by atoms with Crippen molar-refractivity contribution in [2.75, 3.05) is 11.1 Å². The number of rotatable bonds is 5. The van der Waals surface area contributed by atoms with Gasteiger partial charge in [0.2, 0.25) is 0 Å². The number of nitrogens with zero attached hydrogens (tertiary/aromatic N) is 2.